The van der Waals surface area contributed by atoms with Gasteiger partial charge < -0.3 is 15.3 Å². The van der Waals surface area contributed by atoms with Crippen LogP contribution in [0.2, 0.25) is 0 Å². The molecule has 2 N–H and O–H groups in total. The minimum atomic E-state index is -0.972. The van der Waals surface area contributed by atoms with Crippen molar-refractivity contribution in [2.45, 2.75) is 13.5 Å². The zero-order valence-electron chi connectivity index (χ0n) is 11.8. The van der Waals surface area contributed by atoms with E-state index in [2.05, 4.69) is 5.32 Å². The van der Waals surface area contributed by atoms with Gasteiger partial charge in [0.2, 0.25) is 0 Å². The Bertz CT molecular complexity index is 653. The van der Waals surface area contributed by atoms with E-state index < -0.39 is 5.97 Å². The van der Waals surface area contributed by atoms with Crippen LogP contribution in [0.25, 0.3) is 0 Å². The van der Waals surface area contributed by atoms with E-state index in [0.29, 0.717) is 17.8 Å². The summed E-state index contributed by atoms with van der Waals surface area (Å²) in [7, 11) is 1.72. The van der Waals surface area contributed by atoms with Gasteiger partial charge >= 0.3 is 12.0 Å². The number of carbonyl (C=O) groups is 2. The quantitative estimate of drug-likeness (QED) is 0.909. The number of hydrogen-bond donors (Lipinski definition) is 2. The molecule has 5 nitrogen and oxygen atoms in total. The zero-order chi connectivity index (χ0) is 15.4. The smallest absolute Gasteiger partial charge is 0.335 e. The predicted molar refractivity (Wildman–Crippen MR) is 82.9 cm³/mol. The van der Waals surface area contributed by atoms with Crippen LogP contribution in [0.5, 0.6) is 0 Å². The molecule has 0 bridgehead atoms. The number of nitrogens with one attached hydrogen (secondary N) is 1. The van der Waals surface area contributed by atoms with E-state index in [9.17, 15) is 9.59 Å². The molecule has 1 heterocycles. The second-order valence-electron chi connectivity index (χ2n) is 4.70. The monoisotopic (exact) mass is 304 g/mol. The molecule has 0 fully saturated rings. The Labute approximate surface area is 126 Å². The van der Waals surface area contributed by atoms with Crippen LogP contribution < -0.4 is 5.32 Å². The Morgan fingerprint density at radius 3 is 2.67 bits per heavy atom. The third-order valence-corrected chi connectivity index (χ3v) is 3.89. The molecule has 0 radical (unpaired) electrons. The van der Waals surface area contributed by atoms with Crippen LogP contribution in [-0.2, 0) is 6.54 Å². The fourth-order valence-corrected chi connectivity index (χ4v) is 2.67. The van der Waals surface area contributed by atoms with E-state index in [1.54, 1.807) is 42.3 Å². The molecule has 0 aliphatic carbocycles. The number of nitrogens with zero attached hydrogens (tertiary/aromatic N) is 1. The number of anilines is 1. The Hall–Kier alpha value is -2.34. The molecule has 110 valence electrons. The third-order valence-electron chi connectivity index (χ3n) is 3.03. The number of carbonyl (C=O) groups excluding carboxylic acids is 1. The van der Waals surface area contributed by atoms with Gasteiger partial charge in [0.15, 0.2) is 0 Å². The molecule has 1 aromatic carbocycles. The largest absolute Gasteiger partial charge is 0.478 e. The highest BCUT2D eigenvalue weighted by Gasteiger charge is 2.12. The number of urea groups is 1. The second kappa shape index (κ2) is 6.41. The molecule has 0 aliphatic heterocycles. The maximum atomic E-state index is 12.1. The molecule has 0 saturated heterocycles. The third kappa shape index (κ3) is 3.82. The topological polar surface area (TPSA) is 69.6 Å². The molecule has 2 aromatic rings. The van der Waals surface area contributed by atoms with E-state index >= 15 is 0 Å². The van der Waals surface area contributed by atoms with Gasteiger partial charge in [-0.3, -0.25) is 0 Å². The molecular formula is C15H16N2O3S. The van der Waals surface area contributed by atoms with E-state index in [0.717, 1.165) is 4.88 Å². The summed E-state index contributed by atoms with van der Waals surface area (Å²) in [4.78, 5) is 25.7. The fraction of sp³-hybridized carbons (Fsp3) is 0.200. The summed E-state index contributed by atoms with van der Waals surface area (Å²) < 4.78 is 0. The lowest BCUT2D eigenvalue weighted by atomic mass is 10.1. The van der Waals surface area contributed by atoms with Crippen molar-refractivity contribution >= 4 is 29.0 Å². The number of benzene rings is 1. The van der Waals surface area contributed by atoms with Crippen LogP contribution in [0.4, 0.5) is 10.5 Å². The molecule has 0 aliphatic rings. The van der Waals surface area contributed by atoms with Gasteiger partial charge in [0.1, 0.15) is 0 Å². The Morgan fingerprint density at radius 2 is 2.10 bits per heavy atom. The molecule has 1 aromatic heterocycles. The van der Waals surface area contributed by atoms with E-state index in [4.69, 9.17) is 5.11 Å². The Balaban J connectivity index is 2.02. The molecule has 0 unspecified atom stereocenters. The maximum Gasteiger partial charge on any atom is 0.335 e. The molecule has 2 amide bonds. The van der Waals surface area contributed by atoms with Crippen LogP contribution >= 0.6 is 11.3 Å². The summed E-state index contributed by atoms with van der Waals surface area (Å²) in [6, 6.07) is 8.42. The van der Waals surface area contributed by atoms with Crippen LogP contribution in [0.3, 0.4) is 0 Å². The van der Waals surface area contributed by atoms with Gasteiger partial charge in [-0.2, -0.15) is 0 Å². The minimum Gasteiger partial charge on any atom is -0.478 e. The molecule has 0 atom stereocenters. The summed E-state index contributed by atoms with van der Waals surface area (Å²) in [5.74, 6) is -0.972. The lowest BCUT2D eigenvalue weighted by Gasteiger charge is -2.17. The first-order valence-corrected chi connectivity index (χ1v) is 7.24. The molecule has 0 saturated carbocycles. The van der Waals surface area contributed by atoms with Crippen molar-refractivity contribution in [3.05, 3.63) is 51.7 Å². The van der Waals surface area contributed by atoms with E-state index in [1.165, 1.54) is 6.07 Å². The van der Waals surface area contributed by atoms with Gasteiger partial charge in [-0.05, 0) is 42.1 Å². The van der Waals surface area contributed by atoms with Gasteiger partial charge in [-0.15, -0.1) is 11.3 Å². The van der Waals surface area contributed by atoms with Gasteiger partial charge in [-0.1, -0.05) is 6.07 Å². The van der Waals surface area contributed by atoms with Crippen molar-refractivity contribution in [1.82, 2.24) is 4.90 Å². The molecule has 0 spiro atoms. The SMILES string of the molecule is Cc1cc(NC(=O)N(C)Cc2cccs2)ccc1C(=O)O. The van der Waals surface area contributed by atoms with Crippen molar-refractivity contribution in [3.63, 3.8) is 0 Å². The van der Waals surface area contributed by atoms with Crippen molar-refractivity contribution in [2.75, 3.05) is 12.4 Å². The highest BCUT2D eigenvalue weighted by molar-refractivity contribution is 7.09. The van der Waals surface area contributed by atoms with Gasteiger partial charge in [-0.25, -0.2) is 9.59 Å². The van der Waals surface area contributed by atoms with Gasteiger partial charge in [0, 0.05) is 17.6 Å². The van der Waals surface area contributed by atoms with Gasteiger partial charge in [0.05, 0.1) is 12.1 Å². The fourth-order valence-electron chi connectivity index (χ4n) is 1.91. The second-order valence-corrected chi connectivity index (χ2v) is 5.73. The number of aryl methyl sites for hydroxylation is 1. The van der Waals surface area contributed by atoms with Crippen molar-refractivity contribution in [3.8, 4) is 0 Å². The number of amides is 2. The highest BCUT2D eigenvalue weighted by atomic mass is 32.1. The summed E-state index contributed by atoms with van der Waals surface area (Å²) in [5.41, 5.74) is 1.43. The standard InChI is InChI=1S/C15H16N2O3S/c1-10-8-11(5-6-13(10)14(18)19)16-15(20)17(2)9-12-4-3-7-21-12/h3-8H,9H2,1-2H3,(H,16,20)(H,18,19). The number of thiophene rings is 1. The van der Waals surface area contributed by atoms with Crippen molar-refractivity contribution in [1.29, 1.82) is 0 Å². The summed E-state index contributed by atoms with van der Waals surface area (Å²) in [6.45, 7) is 2.24. The first-order valence-electron chi connectivity index (χ1n) is 6.36. The first-order chi connectivity index (χ1) is 9.97. The predicted octanol–water partition coefficient (Wildman–Crippen LogP) is 3.42. The van der Waals surface area contributed by atoms with Gasteiger partial charge in [0.25, 0.3) is 0 Å². The molecule has 6 heteroatoms. The maximum absolute atomic E-state index is 12.1. The number of aromatic carboxylic acids is 1. The average molecular weight is 304 g/mol. The zero-order valence-corrected chi connectivity index (χ0v) is 12.6. The van der Waals surface area contributed by atoms with Crippen LogP contribution in [0.1, 0.15) is 20.8 Å². The Kier molecular flexibility index (Phi) is 4.59. The highest BCUT2D eigenvalue weighted by Crippen LogP contribution is 2.16. The number of rotatable bonds is 4. The molecule has 21 heavy (non-hydrogen) atoms. The molecule has 2 rings (SSSR count). The molecular weight excluding hydrogens is 288 g/mol. The summed E-state index contributed by atoms with van der Waals surface area (Å²) in [5, 5.41) is 13.7. The number of hydrogen-bond acceptors (Lipinski definition) is 3. The summed E-state index contributed by atoms with van der Waals surface area (Å²) in [6.07, 6.45) is 0. The Morgan fingerprint density at radius 1 is 1.33 bits per heavy atom. The number of carboxylic acids is 1. The average Bonchev–Trinajstić information content (AvgIpc) is 2.91. The van der Waals surface area contributed by atoms with Crippen LogP contribution in [-0.4, -0.2) is 29.1 Å². The van der Waals surface area contributed by atoms with E-state index in [-0.39, 0.29) is 11.6 Å². The summed E-state index contributed by atoms with van der Waals surface area (Å²) >= 11 is 1.60. The van der Waals surface area contributed by atoms with E-state index in [1.807, 2.05) is 17.5 Å². The number of carboxylic acid groups (broad SMARTS) is 1. The van der Waals surface area contributed by atoms with Crippen LogP contribution in [0.15, 0.2) is 35.7 Å². The van der Waals surface area contributed by atoms with Crippen molar-refractivity contribution in [2.24, 2.45) is 0 Å². The lowest BCUT2D eigenvalue weighted by Crippen LogP contribution is -2.30. The lowest BCUT2D eigenvalue weighted by molar-refractivity contribution is 0.0696. The van der Waals surface area contributed by atoms with Crippen molar-refractivity contribution < 1.29 is 14.7 Å². The normalized spacial score (nSPS) is 10.2. The minimum absolute atomic E-state index is 0.231. The first kappa shape index (κ1) is 15.1. The van der Waals surface area contributed by atoms with Crippen LogP contribution in [0, 0.1) is 6.92 Å².